The summed E-state index contributed by atoms with van der Waals surface area (Å²) in [5, 5.41) is 2.59. The first-order valence-corrected chi connectivity index (χ1v) is 5.44. The Hall–Kier alpha value is 0.120. The Kier molecular flexibility index (Phi) is 6.63. The molecule has 8 heteroatoms. The second-order valence-corrected chi connectivity index (χ2v) is 5.03. The molecule has 1 rings (SSSR count). The lowest BCUT2D eigenvalue weighted by molar-refractivity contribution is 0.0950. The molecule has 0 saturated heterocycles. The Balaban J connectivity index is 0.00000169. The predicted octanol–water partition coefficient (Wildman–Crippen LogP) is 1.67. The van der Waals surface area contributed by atoms with E-state index in [9.17, 15) is 4.79 Å². The van der Waals surface area contributed by atoms with Gasteiger partial charge in [-0.05, 0) is 15.9 Å². The lowest BCUT2D eigenvalue weighted by Crippen LogP contribution is -2.29. The molecule has 1 aromatic rings. The number of carbonyl (C=O) groups is 1. The Labute approximate surface area is 105 Å². The minimum atomic E-state index is -0.263. The van der Waals surface area contributed by atoms with Crippen LogP contribution in [-0.4, -0.2) is 24.0 Å². The van der Waals surface area contributed by atoms with Gasteiger partial charge in [0.1, 0.15) is 3.79 Å². The number of nitrogens with one attached hydrogen (secondary N) is 1. The fraction of sp³-hybridized carbons (Fsp3) is 0.333. The normalized spacial score (nSPS) is 9.36. The lowest BCUT2D eigenvalue weighted by atomic mass is 10.4. The SMILES string of the molecule is Cl.NCCNC(=O)c1nc(Cl)sc1Br. The fourth-order valence-corrected chi connectivity index (χ4v) is 2.53. The number of hydrogen-bond donors (Lipinski definition) is 2. The van der Waals surface area contributed by atoms with Crippen molar-refractivity contribution in [3.63, 3.8) is 0 Å². The first-order chi connectivity index (χ1) is 6.15. The summed E-state index contributed by atoms with van der Waals surface area (Å²) in [6.45, 7) is 0.835. The third-order valence-electron chi connectivity index (χ3n) is 1.20. The van der Waals surface area contributed by atoms with Crippen LogP contribution < -0.4 is 11.1 Å². The molecule has 1 aromatic heterocycles. The van der Waals surface area contributed by atoms with Gasteiger partial charge in [0.25, 0.3) is 5.91 Å². The molecule has 1 amide bonds. The Bertz CT molecular complexity index is 320. The van der Waals surface area contributed by atoms with Gasteiger partial charge in [-0.1, -0.05) is 22.9 Å². The average molecular weight is 321 g/mol. The molecule has 1 heterocycles. The molecule has 80 valence electrons. The Morgan fingerprint density at radius 3 is 2.79 bits per heavy atom. The highest BCUT2D eigenvalue weighted by molar-refractivity contribution is 9.11. The number of rotatable bonds is 3. The van der Waals surface area contributed by atoms with E-state index < -0.39 is 0 Å². The summed E-state index contributed by atoms with van der Waals surface area (Å²) >= 11 is 10.0. The number of hydrogen-bond acceptors (Lipinski definition) is 4. The van der Waals surface area contributed by atoms with Gasteiger partial charge in [0.2, 0.25) is 0 Å². The molecule has 0 aliphatic rings. The van der Waals surface area contributed by atoms with Crippen molar-refractivity contribution in [1.82, 2.24) is 10.3 Å². The molecule has 0 unspecified atom stereocenters. The number of carbonyl (C=O) groups excluding carboxylic acids is 1. The van der Waals surface area contributed by atoms with Crippen LogP contribution >= 0.6 is 51.3 Å². The first kappa shape index (κ1) is 14.1. The monoisotopic (exact) mass is 319 g/mol. The molecule has 0 aliphatic carbocycles. The van der Waals surface area contributed by atoms with Gasteiger partial charge >= 0.3 is 0 Å². The minimum absolute atomic E-state index is 0. The van der Waals surface area contributed by atoms with Crippen molar-refractivity contribution < 1.29 is 4.79 Å². The second kappa shape index (κ2) is 6.58. The van der Waals surface area contributed by atoms with Gasteiger partial charge in [0.15, 0.2) is 10.2 Å². The van der Waals surface area contributed by atoms with Crippen LogP contribution in [0.25, 0.3) is 0 Å². The molecule has 0 radical (unpaired) electrons. The van der Waals surface area contributed by atoms with Crippen molar-refractivity contribution in [1.29, 1.82) is 0 Å². The molecule has 0 atom stereocenters. The summed E-state index contributed by atoms with van der Waals surface area (Å²) < 4.78 is 0.969. The summed E-state index contributed by atoms with van der Waals surface area (Å²) in [5.74, 6) is -0.263. The van der Waals surface area contributed by atoms with Crippen molar-refractivity contribution in [2.45, 2.75) is 0 Å². The van der Waals surface area contributed by atoms with E-state index in [1.165, 1.54) is 11.3 Å². The largest absolute Gasteiger partial charge is 0.349 e. The van der Waals surface area contributed by atoms with Crippen LogP contribution in [0, 0.1) is 0 Å². The van der Waals surface area contributed by atoms with Gasteiger partial charge < -0.3 is 11.1 Å². The lowest BCUT2D eigenvalue weighted by Gasteiger charge is -1.99. The molecule has 4 nitrogen and oxygen atoms in total. The zero-order valence-corrected chi connectivity index (χ0v) is 10.9. The quantitative estimate of drug-likeness (QED) is 0.890. The third kappa shape index (κ3) is 3.70. The molecule has 14 heavy (non-hydrogen) atoms. The molecule has 0 saturated carbocycles. The van der Waals surface area contributed by atoms with E-state index in [1.807, 2.05) is 0 Å². The number of halogens is 3. The van der Waals surface area contributed by atoms with E-state index in [-0.39, 0.29) is 18.3 Å². The predicted molar refractivity (Wildman–Crippen MR) is 63.5 cm³/mol. The maximum atomic E-state index is 11.3. The van der Waals surface area contributed by atoms with Crippen molar-refractivity contribution >= 4 is 57.2 Å². The van der Waals surface area contributed by atoms with Crippen molar-refractivity contribution in [3.05, 3.63) is 13.9 Å². The van der Waals surface area contributed by atoms with Crippen molar-refractivity contribution in [2.75, 3.05) is 13.1 Å². The maximum Gasteiger partial charge on any atom is 0.272 e. The molecular weight excluding hydrogens is 313 g/mol. The maximum absolute atomic E-state index is 11.3. The zero-order valence-electron chi connectivity index (χ0n) is 6.92. The molecule has 3 N–H and O–H groups in total. The highest BCUT2D eigenvalue weighted by atomic mass is 79.9. The van der Waals surface area contributed by atoms with Gasteiger partial charge in [-0.25, -0.2) is 4.98 Å². The van der Waals surface area contributed by atoms with Crippen LogP contribution in [0.3, 0.4) is 0 Å². The van der Waals surface area contributed by atoms with Crippen LogP contribution in [0.15, 0.2) is 3.79 Å². The number of aromatic nitrogens is 1. The van der Waals surface area contributed by atoms with Crippen LogP contribution in [0.2, 0.25) is 4.47 Å². The van der Waals surface area contributed by atoms with E-state index in [4.69, 9.17) is 17.3 Å². The van der Waals surface area contributed by atoms with Gasteiger partial charge in [0.05, 0.1) is 0 Å². The standard InChI is InChI=1S/C6H7BrClN3OS.ClH/c7-4-3(11-6(8)13-4)5(12)10-2-1-9;/h1-2,9H2,(H,10,12);1H. The summed E-state index contributed by atoms with van der Waals surface area (Å²) in [5.41, 5.74) is 5.54. The molecule has 0 spiro atoms. The molecule has 0 fully saturated rings. The van der Waals surface area contributed by atoms with E-state index in [1.54, 1.807) is 0 Å². The molecule has 0 aromatic carbocycles. The van der Waals surface area contributed by atoms with E-state index in [0.717, 1.165) is 0 Å². The highest BCUT2D eigenvalue weighted by Gasteiger charge is 2.14. The number of nitrogens with zero attached hydrogens (tertiary/aromatic N) is 1. The van der Waals surface area contributed by atoms with Crippen LogP contribution in [0.4, 0.5) is 0 Å². The Morgan fingerprint density at radius 2 is 2.36 bits per heavy atom. The second-order valence-electron chi connectivity index (χ2n) is 2.13. The zero-order chi connectivity index (χ0) is 9.84. The first-order valence-electron chi connectivity index (χ1n) is 3.45. The van der Waals surface area contributed by atoms with Gasteiger partial charge in [-0.3, -0.25) is 4.79 Å². The van der Waals surface area contributed by atoms with E-state index in [0.29, 0.717) is 27.0 Å². The topological polar surface area (TPSA) is 68.0 Å². The Morgan fingerprint density at radius 1 is 1.71 bits per heavy atom. The third-order valence-corrected chi connectivity index (χ3v) is 3.01. The van der Waals surface area contributed by atoms with E-state index in [2.05, 4.69) is 26.2 Å². The average Bonchev–Trinajstić information content (AvgIpc) is 2.41. The number of thiazole rings is 1. The molecule has 0 bridgehead atoms. The van der Waals surface area contributed by atoms with Crippen molar-refractivity contribution in [3.8, 4) is 0 Å². The molecular formula is C6H8BrCl2N3OS. The minimum Gasteiger partial charge on any atom is -0.349 e. The summed E-state index contributed by atoms with van der Waals surface area (Å²) in [4.78, 5) is 15.2. The van der Waals surface area contributed by atoms with Gasteiger partial charge in [-0.2, -0.15) is 0 Å². The summed E-state index contributed by atoms with van der Waals surface area (Å²) in [6.07, 6.45) is 0. The van der Waals surface area contributed by atoms with Gasteiger partial charge in [0, 0.05) is 13.1 Å². The number of amides is 1. The smallest absolute Gasteiger partial charge is 0.272 e. The summed E-state index contributed by atoms with van der Waals surface area (Å²) in [6, 6.07) is 0. The van der Waals surface area contributed by atoms with E-state index >= 15 is 0 Å². The van der Waals surface area contributed by atoms with Crippen molar-refractivity contribution in [2.24, 2.45) is 5.73 Å². The van der Waals surface area contributed by atoms with Crippen LogP contribution in [-0.2, 0) is 0 Å². The van der Waals surface area contributed by atoms with Crippen LogP contribution in [0.5, 0.6) is 0 Å². The highest BCUT2D eigenvalue weighted by Crippen LogP contribution is 2.27. The molecule has 0 aliphatic heterocycles. The number of nitrogens with two attached hydrogens (primary N) is 1. The van der Waals surface area contributed by atoms with Gasteiger partial charge in [-0.15, -0.1) is 12.4 Å². The van der Waals surface area contributed by atoms with Crippen LogP contribution in [0.1, 0.15) is 10.5 Å². The fourth-order valence-electron chi connectivity index (χ4n) is 0.686. The summed E-state index contributed by atoms with van der Waals surface area (Å²) in [7, 11) is 0.